The maximum atomic E-state index is 13.7. The molecule has 4 aromatic carbocycles. The number of nitrogens with one attached hydrogen (secondary N) is 3. The number of aliphatic hydroxyl groups excluding tert-OH is 1. The molecule has 1 spiro atoms. The van der Waals surface area contributed by atoms with E-state index in [0.717, 1.165) is 62.4 Å². The molecule has 3 fully saturated rings. The van der Waals surface area contributed by atoms with Crippen molar-refractivity contribution in [3.63, 3.8) is 0 Å². The van der Waals surface area contributed by atoms with Crippen LogP contribution in [0.4, 0.5) is 22.7 Å². The molecule has 4 aliphatic rings. The molecule has 5 heterocycles. The monoisotopic (exact) mass is 913 g/mol. The highest BCUT2D eigenvalue weighted by Gasteiger charge is 2.46. The molecule has 9 rings (SSSR count). The molecule has 352 valence electrons. The summed E-state index contributed by atoms with van der Waals surface area (Å²) in [6.45, 7) is 13.0. The Balaban J connectivity index is 0.702. The number of aromatic amines is 1. The Morgan fingerprint density at radius 2 is 1.60 bits per heavy atom. The molecule has 17 heteroatoms. The molecule has 17 nitrogen and oxygen atoms in total. The maximum absolute atomic E-state index is 13.7. The van der Waals surface area contributed by atoms with E-state index in [2.05, 4.69) is 57.5 Å². The minimum atomic E-state index is -0.658. The number of aryl methyl sites for hydroxylation is 1. The Kier molecular flexibility index (Phi) is 13.2. The molecule has 0 bridgehead atoms. The number of carbonyl (C=O) groups is 2. The average Bonchev–Trinajstić information content (AvgIpc) is 3.93. The number of nitro groups is 2. The van der Waals surface area contributed by atoms with E-state index in [-0.39, 0.29) is 40.2 Å². The van der Waals surface area contributed by atoms with Gasteiger partial charge in [-0.05, 0) is 123 Å². The van der Waals surface area contributed by atoms with Crippen molar-refractivity contribution < 1.29 is 29.3 Å². The number of ether oxygens (including phenoxy) is 1. The van der Waals surface area contributed by atoms with Crippen LogP contribution in [0.1, 0.15) is 64.6 Å². The number of anilines is 2. The number of benzene rings is 4. The van der Waals surface area contributed by atoms with Gasteiger partial charge in [0, 0.05) is 105 Å². The number of nitrogens with zero attached hydrogens (tertiary/aromatic N) is 6. The fraction of sp³-hybridized carbons (Fsp3) is 0.440. The second-order valence-corrected chi connectivity index (χ2v) is 18.9. The van der Waals surface area contributed by atoms with Crippen LogP contribution in [-0.4, -0.2) is 136 Å². The Hall–Kier alpha value is -6.56. The van der Waals surface area contributed by atoms with Crippen molar-refractivity contribution >= 4 is 45.5 Å². The highest BCUT2D eigenvalue weighted by Crippen LogP contribution is 2.47. The summed E-state index contributed by atoms with van der Waals surface area (Å²) in [5.74, 6) is 1.69. The van der Waals surface area contributed by atoms with Crippen molar-refractivity contribution in [2.45, 2.75) is 51.0 Å². The number of amides is 2. The number of β-amino-alcohol motifs (C(OH)–C–C–N with tert-alkyl or cyclic N) is 1. The van der Waals surface area contributed by atoms with E-state index in [1.165, 1.54) is 28.9 Å². The van der Waals surface area contributed by atoms with Gasteiger partial charge in [-0.25, -0.2) is 0 Å². The first-order valence-corrected chi connectivity index (χ1v) is 23.5. The van der Waals surface area contributed by atoms with Crippen LogP contribution in [0.15, 0.2) is 84.9 Å². The summed E-state index contributed by atoms with van der Waals surface area (Å²) in [4.78, 5) is 59.9. The molecule has 1 unspecified atom stereocenters. The molecule has 2 amide bonds. The number of aliphatic hydroxyl groups is 1. The summed E-state index contributed by atoms with van der Waals surface area (Å²) < 4.78 is 6.17. The van der Waals surface area contributed by atoms with Crippen molar-refractivity contribution in [3.8, 4) is 11.5 Å². The average molecular weight is 914 g/mol. The number of piperidine rings is 2. The van der Waals surface area contributed by atoms with Gasteiger partial charge < -0.3 is 40.2 Å². The smallest absolute Gasteiger partial charge is 0.299 e. The second kappa shape index (κ2) is 19.3. The lowest BCUT2D eigenvalue weighted by molar-refractivity contribution is -0.393. The van der Waals surface area contributed by atoms with Gasteiger partial charge in [-0.3, -0.25) is 34.7 Å². The van der Waals surface area contributed by atoms with Gasteiger partial charge in [0.1, 0.15) is 22.9 Å². The molecule has 0 radical (unpaired) electrons. The quantitative estimate of drug-likeness (QED) is 0.0494. The Bertz CT molecular complexity index is 2640. The van der Waals surface area contributed by atoms with Crippen LogP contribution in [0.25, 0.3) is 10.9 Å². The fourth-order valence-corrected chi connectivity index (χ4v) is 10.6. The number of aromatic nitrogens is 1. The minimum absolute atomic E-state index is 0.0479. The third-order valence-corrected chi connectivity index (χ3v) is 14.6. The number of H-pyrrole nitrogens is 1. The highest BCUT2D eigenvalue weighted by molar-refractivity contribution is 5.98. The number of hydrogen-bond donors (Lipinski definition) is 4. The molecule has 1 aromatic heterocycles. The molecule has 3 atom stereocenters. The number of hydrogen-bond acceptors (Lipinski definition) is 12. The summed E-state index contributed by atoms with van der Waals surface area (Å²) in [7, 11) is 0. The molecule has 4 N–H and O–H groups in total. The normalized spacial score (nSPS) is 20.7. The van der Waals surface area contributed by atoms with Crippen LogP contribution < -0.4 is 15.4 Å². The zero-order valence-corrected chi connectivity index (χ0v) is 38.1. The van der Waals surface area contributed by atoms with Crippen LogP contribution >= 0.6 is 0 Å². The van der Waals surface area contributed by atoms with E-state index in [1.807, 2.05) is 34.1 Å². The lowest BCUT2D eigenvalue weighted by Gasteiger charge is -2.46. The summed E-state index contributed by atoms with van der Waals surface area (Å²) in [5, 5.41) is 41.4. The second-order valence-electron chi connectivity index (χ2n) is 18.9. The Morgan fingerprint density at radius 1 is 0.851 bits per heavy atom. The zero-order chi connectivity index (χ0) is 46.8. The van der Waals surface area contributed by atoms with Gasteiger partial charge in [-0.2, -0.15) is 0 Å². The van der Waals surface area contributed by atoms with Gasteiger partial charge in [0.15, 0.2) is 0 Å². The standard InChI is InChI=1S/C50H59N9O8/c1-33-4-12-41-44(26-33)52-32-50(41)16-21-55(30-34(50)2)31-47(60)35-14-19-56(20-15-35)49(62)45-27-37-7-11-40(29-43(37)53-45)67-39-9-5-36(6-10-39)48(61)57-24-22-54(23-25-57)18-3-17-51-42-13-8-38(58(63)64)28-46(42)59(65)66/h4-13,26-29,34-35,47,51-53,60H,3,14-25,30-32H2,1-2H3/t34-,47?,50+/m1/s1. The van der Waals surface area contributed by atoms with Crippen molar-refractivity contribution in [2.24, 2.45) is 11.8 Å². The largest absolute Gasteiger partial charge is 0.457 e. The van der Waals surface area contributed by atoms with Crippen LogP contribution in [0.5, 0.6) is 11.5 Å². The maximum Gasteiger partial charge on any atom is 0.299 e. The predicted molar refractivity (Wildman–Crippen MR) is 256 cm³/mol. The molecular weight excluding hydrogens is 855 g/mol. The van der Waals surface area contributed by atoms with Crippen LogP contribution in [-0.2, 0) is 5.41 Å². The van der Waals surface area contributed by atoms with E-state index >= 15 is 0 Å². The first kappa shape index (κ1) is 45.6. The van der Waals surface area contributed by atoms with Gasteiger partial charge >= 0.3 is 0 Å². The van der Waals surface area contributed by atoms with E-state index in [1.54, 1.807) is 24.3 Å². The SMILES string of the molecule is Cc1ccc2c(c1)NC[C@]21CCN(CC(O)C2CCN(C(=O)c3cc4ccc(Oc5ccc(C(=O)N6CCN(CCCNc7ccc([N+](=O)[O-])cc7[N+](=O)[O-])CC6)cc5)cc4[nH]3)CC2)C[C@H]1C. The summed E-state index contributed by atoms with van der Waals surface area (Å²) >= 11 is 0. The first-order chi connectivity index (χ1) is 32.3. The third kappa shape index (κ3) is 9.80. The number of carbonyl (C=O) groups excluding carboxylic acids is 2. The van der Waals surface area contributed by atoms with Crippen molar-refractivity contribution in [1.29, 1.82) is 0 Å². The van der Waals surface area contributed by atoms with E-state index in [9.17, 15) is 34.9 Å². The first-order valence-electron chi connectivity index (χ1n) is 23.5. The Labute approximate surface area is 389 Å². The molecule has 4 aliphatic heterocycles. The predicted octanol–water partition coefficient (Wildman–Crippen LogP) is 7.26. The van der Waals surface area contributed by atoms with E-state index in [4.69, 9.17) is 4.74 Å². The van der Waals surface area contributed by atoms with Gasteiger partial charge in [0.25, 0.3) is 23.2 Å². The lowest BCUT2D eigenvalue weighted by atomic mass is 9.67. The highest BCUT2D eigenvalue weighted by atomic mass is 16.6. The minimum Gasteiger partial charge on any atom is -0.457 e. The fourth-order valence-electron chi connectivity index (χ4n) is 10.6. The van der Waals surface area contributed by atoms with Crippen molar-refractivity contribution in [3.05, 3.63) is 128 Å². The van der Waals surface area contributed by atoms with Gasteiger partial charge in [0.2, 0.25) is 0 Å². The number of likely N-dealkylation sites (tertiary alicyclic amines) is 2. The summed E-state index contributed by atoms with van der Waals surface area (Å²) in [6.07, 6.45) is 2.88. The molecule has 5 aromatic rings. The van der Waals surface area contributed by atoms with E-state index < -0.39 is 16.0 Å². The van der Waals surface area contributed by atoms with E-state index in [0.29, 0.717) is 87.5 Å². The molecule has 3 saturated heterocycles. The number of rotatable bonds is 14. The number of non-ortho nitro benzene ring substituents is 1. The number of nitro benzene ring substituents is 2. The molecular formula is C50H59N9O8. The lowest BCUT2D eigenvalue weighted by Crippen LogP contribution is -2.52. The van der Waals surface area contributed by atoms with Gasteiger partial charge in [0.05, 0.1) is 22.0 Å². The van der Waals surface area contributed by atoms with Crippen molar-refractivity contribution in [1.82, 2.24) is 24.6 Å². The third-order valence-electron chi connectivity index (χ3n) is 14.6. The van der Waals surface area contributed by atoms with Crippen LogP contribution in [0.3, 0.4) is 0 Å². The Morgan fingerprint density at radius 3 is 2.33 bits per heavy atom. The number of piperazine rings is 1. The topological polar surface area (TPSA) is 203 Å². The molecule has 0 aliphatic carbocycles. The number of fused-ring (bicyclic) bond motifs is 3. The summed E-state index contributed by atoms with van der Waals surface area (Å²) in [5.41, 5.74) is 5.58. The van der Waals surface area contributed by atoms with Gasteiger partial charge in [-0.1, -0.05) is 19.1 Å². The molecule has 67 heavy (non-hydrogen) atoms. The van der Waals surface area contributed by atoms with Gasteiger partial charge in [-0.15, -0.1) is 0 Å². The van der Waals surface area contributed by atoms with Crippen molar-refractivity contribution in [2.75, 3.05) is 89.2 Å². The molecule has 0 saturated carbocycles. The van der Waals surface area contributed by atoms with Crippen LogP contribution in [0, 0.1) is 39.0 Å². The van der Waals surface area contributed by atoms with Crippen LogP contribution in [0.2, 0.25) is 0 Å². The zero-order valence-electron chi connectivity index (χ0n) is 38.1. The summed E-state index contributed by atoms with van der Waals surface area (Å²) in [6, 6.07) is 25.0.